The molecule has 102 valence electrons. The van der Waals surface area contributed by atoms with Crippen LogP contribution in [-0.2, 0) is 6.18 Å². The highest BCUT2D eigenvalue weighted by Gasteiger charge is 2.39. The maximum Gasteiger partial charge on any atom is 0.416 e. The van der Waals surface area contributed by atoms with Gasteiger partial charge in [0.15, 0.2) is 0 Å². The van der Waals surface area contributed by atoms with Crippen LogP contribution in [0, 0.1) is 5.82 Å². The number of aliphatic hydroxyl groups excluding tert-OH is 1. The van der Waals surface area contributed by atoms with Crippen LogP contribution >= 0.6 is 0 Å². The summed E-state index contributed by atoms with van der Waals surface area (Å²) in [5.74, 6) is -5.17. The molecule has 0 heterocycles. The van der Waals surface area contributed by atoms with Crippen LogP contribution in [0.1, 0.15) is 17.2 Å². The topological polar surface area (TPSA) is 46.2 Å². The van der Waals surface area contributed by atoms with E-state index in [4.69, 9.17) is 10.8 Å². The molecule has 2 nitrogen and oxygen atoms in total. The largest absolute Gasteiger partial charge is 0.416 e. The minimum Gasteiger partial charge on any atom is -0.390 e. The zero-order valence-corrected chi connectivity index (χ0v) is 8.81. The van der Waals surface area contributed by atoms with E-state index in [1.165, 1.54) is 0 Å². The van der Waals surface area contributed by atoms with E-state index in [0.29, 0.717) is 12.1 Å². The number of halogens is 6. The fraction of sp³-hybridized carbons (Fsp3) is 0.400. The molecule has 1 aromatic rings. The van der Waals surface area contributed by atoms with Crippen LogP contribution in [0.2, 0.25) is 0 Å². The van der Waals surface area contributed by atoms with Crippen molar-refractivity contribution in [1.29, 1.82) is 0 Å². The number of benzene rings is 1. The van der Waals surface area contributed by atoms with Crippen LogP contribution < -0.4 is 5.73 Å². The molecular formula is C10H9F6NO. The summed E-state index contributed by atoms with van der Waals surface area (Å²) in [6, 6.07) is -1.24. The Hall–Kier alpha value is -1.28. The van der Waals surface area contributed by atoms with E-state index in [1.807, 2.05) is 0 Å². The summed E-state index contributed by atoms with van der Waals surface area (Å²) in [4.78, 5) is 0. The Kier molecular flexibility index (Phi) is 3.92. The second-order valence-corrected chi connectivity index (χ2v) is 3.67. The summed E-state index contributed by atoms with van der Waals surface area (Å²) in [5.41, 5.74) is 2.87. The number of hydrogen-bond acceptors (Lipinski definition) is 2. The normalized spacial score (nSPS) is 14.7. The van der Waals surface area contributed by atoms with Gasteiger partial charge in [-0.1, -0.05) is 0 Å². The SMILES string of the molecule is N[C@H](c1cc(F)cc(C(F)(F)F)c1)C(F)(F)CO. The van der Waals surface area contributed by atoms with Crippen LogP contribution in [0.25, 0.3) is 0 Å². The van der Waals surface area contributed by atoms with E-state index in [0.717, 1.165) is 0 Å². The van der Waals surface area contributed by atoms with Crippen molar-refractivity contribution in [3.05, 3.63) is 35.1 Å². The fourth-order valence-corrected chi connectivity index (χ4v) is 1.30. The van der Waals surface area contributed by atoms with Crippen molar-refractivity contribution in [3.63, 3.8) is 0 Å². The van der Waals surface area contributed by atoms with Crippen LogP contribution in [0.15, 0.2) is 18.2 Å². The van der Waals surface area contributed by atoms with Crippen LogP contribution in [0.5, 0.6) is 0 Å². The lowest BCUT2D eigenvalue weighted by molar-refractivity contribution is -0.138. The van der Waals surface area contributed by atoms with Gasteiger partial charge in [-0.25, -0.2) is 13.2 Å². The van der Waals surface area contributed by atoms with Crippen molar-refractivity contribution >= 4 is 0 Å². The molecular weight excluding hydrogens is 264 g/mol. The van der Waals surface area contributed by atoms with E-state index in [9.17, 15) is 26.3 Å². The molecule has 1 rings (SSSR count). The molecule has 0 aromatic heterocycles. The molecule has 0 unspecified atom stereocenters. The number of aliphatic hydroxyl groups is 1. The van der Waals surface area contributed by atoms with Gasteiger partial charge < -0.3 is 10.8 Å². The minimum absolute atomic E-state index is 0.174. The molecule has 0 spiro atoms. The fourth-order valence-electron chi connectivity index (χ4n) is 1.30. The molecule has 0 fully saturated rings. The number of nitrogens with two attached hydrogens (primary N) is 1. The average molecular weight is 273 g/mol. The summed E-state index contributed by atoms with van der Waals surface area (Å²) in [7, 11) is 0. The molecule has 0 saturated heterocycles. The predicted molar refractivity (Wildman–Crippen MR) is 50.4 cm³/mol. The van der Waals surface area contributed by atoms with Gasteiger partial charge in [-0.15, -0.1) is 0 Å². The Morgan fingerprint density at radius 1 is 1.11 bits per heavy atom. The van der Waals surface area contributed by atoms with Crippen LogP contribution in [0.4, 0.5) is 26.3 Å². The molecule has 0 aliphatic rings. The highest BCUT2D eigenvalue weighted by Crippen LogP contribution is 2.34. The standard InChI is InChI=1S/C10H9F6NO/c11-7-2-5(8(17)9(12,13)4-18)1-6(3-7)10(14,15)16/h1-3,8,18H,4,17H2/t8-/m1/s1. The summed E-state index contributed by atoms with van der Waals surface area (Å²) in [6.07, 6.45) is -4.87. The zero-order valence-electron chi connectivity index (χ0n) is 8.81. The third-order valence-corrected chi connectivity index (χ3v) is 2.27. The van der Waals surface area contributed by atoms with Crippen molar-refractivity contribution in [2.24, 2.45) is 5.73 Å². The first kappa shape index (κ1) is 14.8. The molecule has 0 bridgehead atoms. The number of hydrogen-bond donors (Lipinski definition) is 2. The summed E-state index contributed by atoms with van der Waals surface area (Å²) in [5, 5.41) is 8.38. The first-order valence-corrected chi connectivity index (χ1v) is 4.70. The van der Waals surface area contributed by atoms with Crippen molar-refractivity contribution in [2.45, 2.75) is 18.1 Å². The van der Waals surface area contributed by atoms with Crippen molar-refractivity contribution in [2.75, 3.05) is 6.61 Å². The quantitative estimate of drug-likeness (QED) is 0.831. The van der Waals surface area contributed by atoms with Gasteiger partial charge in [-0.05, 0) is 23.8 Å². The summed E-state index contributed by atoms with van der Waals surface area (Å²) < 4.78 is 76.0. The Bertz CT molecular complexity index is 431. The van der Waals surface area contributed by atoms with Crippen molar-refractivity contribution in [1.82, 2.24) is 0 Å². The van der Waals surface area contributed by atoms with E-state index in [-0.39, 0.29) is 6.07 Å². The van der Waals surface area contributed by atoms with Gasteiger partial charge in [0, 0.05) is 0 Å². The molecule has 1 aromatic carbocycles. The molecule has 1 atom stereocenters. The van der Waals surface area contributed by atoms with E-state index >= 15 is 0 Å². The van der Waals surface area contributed by atoms with E-state index < -0.39 is 41.7 Å². The second-order valence-electron chi connectivity index (χ2n) is 3.67. The Labute approximate surface area is 98.0 Å². The Balaban J connectivity index is 3.23. The van der Waals surface area contributed by atoms with E-state index in [2.05, 4.69) is 0 Å². The second kappa shape index (κ2) is 4.77. The lowest BCUT2D eigenvalue weighted by Gasteiger charge is -2.22. The number of rotatable bonds is 3. The predicted octanol–water partition coefficient (Wildman–Crippen LogP) is 2.47. The molecule has 0 radical (unpaired) electrons. The molecule has 0 aliphatic carbocycles. The lowest BCUT2D eigenvalue weighted by atomic mass is 9.99. The Morgan fingerprint density at radius 3 is 2.11 bits per heavy atom. The van der Waals surface area contributed by atoms with Crippen LogP contribution in [0.3, 0.4) is 0 Å². The summed E-state index contributed by atoms with van der Waals surface area (Å²) >= 11 is 0. The molecule has 0 amide bonds. The molecule has 0 saturated carbocycles. The molecule has 3 N–H and O–H groups in total. The van der Waals surface area contributed by atoms with Gasteiger partial charge in [-0.3, -0.25) is 0 Å². The maximum atomic E-state index is 13.0. The molecule has 8 heteroatoms. The van der Waals surface area contributed by atoms with Gasteiger partial charge in [0.1, 0.15) is 12.4 Å². The maximum absolute atomic E-state index is 13.0. The van der Waals surface area contributed by atoms with Gasteiger partial charge in [0.05, 0.1) is 11.6 Å². The first-order chi connectivity index (χ1) is 8.08. The van der Waals surface area contributed by atoms with Crippen LogP contribution in [-0.4, -0.2) is 17.6 Å². The van der Waals surface area contributed by atoms with Gasteiger partial charge in [0.25, 0.3) is 5.92 Å². The van der Waals surface area contributed by atoms with Gasteiger partial charge >= 0.3 is 6.18 Å². The highest BCUT2D eigenvalue weighted by molar-refractivity contribution is 5.30. The monoisotopic (exact) mass is 273 g/mol. The first-order valence-electron chi connectivity index (χ1n) is 4.70. The zero-order chi connectivity index (χ0) is 14.1. The summed E-state index contributed by atoms with van der Waals surface area (Å²) in [6.45, 7) is -1.65. The van der Waals surface area contributed by atoms with Crippen molar-refractivity contribution in [3.8, 4) is 0 Å². The molecule has 0 aliphatic heterocycles. The minimum atomic E-state index is -4.87. The Morgan fingerprint density at radius 2 is 1.67 bits per heavy atom. The van der Waals surface area contributed by atoms with Crippen molar-refractivity contribution < 1.29 is 31.4 Å². The van der Waals surface area contributed by atoms with Gasteiger partial charge in [-0.2, -0.15) is 13.2 Å². The lowest BCUT2D eigenvalue weighted by Crippen LogP contribution is -2.36. The van der Waals surface area contributed by atoms with E-state index in [1.54, 1.807) is 0 Å². The average Bonchev–Trinajstić information content (AvgIpc) is 2.26. The molecule has 18 heavy (non-hydrogen) atoms. The smallest absolute Gasteiger partial charge is 0.390 e. The highest BCUT2D eigenvalue weighted by atomic mass is 19.4. The number of alkyl halides is 5. The third-order valence-electron chi connectivity index (χ3n) is 2.27. The van der Waals surface area contributed by atoms with Gasteiger partial charge in [0.2, 0.25) is 0 Å². The third kappa shape index (κ3) is 3.14.